The van der Waals surface area contributed by atoms with Gasteiger partial charge in [-0.1, -0.05) is 12.1 Å². The van der Waals surface area contributed by atoms with Gasteiger partial charge in [0, 0.05) is 32.7 Å². The van der Waals surface area contributed by atoms with E-state index in [1.807, 2.05) is 29.2 Å². The van der Waals surface area contributed by atoms with Crippen LogP contribution >= 0.6 is 0 Å². The standard InChI is InChI=1S/C20H26N4O3/c1-26-18-4-2-3-5-19(18)27-14-16-12-17(22-21-16)20(25)24-10-8-23(9-11-24)13-15-6-7-15/h2-5,12,15H,6-11,13-14H2,1H3,(H,21,22). The molecule has 4 rings (SSSR count). The van der Waals surface area contributed by atoms with E-state index >= 15 is 0 Å². The topological polar surface area (TPSA) is 70.7 Å². The van der Waals surface area contributed by atoms with Crippen LogP contribution in [0, 0.1) is 5.92 Å². The number of benzene rings is 1. The van der Waals surface area contributed by atoms with Crippen molar-refractivity contribution >= 4 is 5.91 Å². The number of hydrogen-bond acceptors (Lipinski definition) is 5. The molecule has 0 spiro atoms. The van der Waals surface area contributed by atoms with Gasteiger partial charge in [-0.05, 0) is 37.0 Å². The minimum absolute atomic E-state index is 0.0131. The lowest BCUT2D eigenvalue weighted by Crippen LogP contribution is -2.49. The van der Waals surface area contributed by atoms with Gasteiger partial charge in [-0.2, -0.15) is 5.10 Å². The zero-order valence-corrected chi connectivity index (χ0v) is 15.7. The first-order valence-electron chi connectivity index (χ1n) is 9.54. The fraction of sp³-hybridized carbons (Fsp3) is 0.500. The number of para-hydroxylation sites is 2. The van der Waals surface area contributed by atoms with Crippen LogP contribution in [0.1, 0.15) is 29.0 Å². The maximum Gasteiger partial charge on any atom is 0.274 e. The van der Waals surface area contributed by atoms with Gasteiger partial charge in [0.15, 0.2) is 17.2 Å². The molecule has 1 aromatic carbocycles. The first-order chi connectivity index (χ1) is 13.2. The van der Waals surface area contributed by atoms with Crippen molar-refractivity contribution in [1.82, 2.24) is 20.0 Å². The molecule has 7 nitrogen and oxygen atoms in total. The number of hydrogen-bond donors (Lipinski definition) is 1. The molecule has 0 radical (unpaired) electrons. The predicted octanol–water partition coefficient (Wildman–Crippen LogP) is 2.17. The number of rotatable bonds is 7. The van der Waals surface area contributed by atoms with Crippen molar-refractivity contribution in [3.63, 3.8) is 0 Å². The summed E-state index contributed by atoms with van der Waals surface area (Å²) < 4.78 is 11.1. The van der Waals surface area contributed by atoms with Crippen molar-refractivity contribution in [2.24, 2.45) is 5.92 Å². The van der Waals surface area contributed by atoms with E-state index in [4.69, 9.17) is 9.47 Å². The normalized spacial score (nSPS) is 17.7. The number of aromatic nitrogens is 2. The van der Waals surface area contributed by atoms with Gasteiger partial charge in [-0.25, -0.2) is 0 Å². The zero-order chi connectivity index (χ0) is 18.6. The lowest BCUT2D eigenvalue weighted by molar-refractivity contribution is 0.0626. The van der Waals surface area contributed by atoms with E-state index in [1.165, 1.54) is 19.4 Å². The van der Waals surface area contributed by atoms with Crippen LogP contribution in [-0.4, -0.2) is 65.7 Å². The number of carbonyl (C=O) groups is 1. The summed E-state index contributed by atoms with van der Waals surface area (Å²) in [4.78, 5) is 17.1. The summed E-state index contributed by atoms with van der Waals surface area (Å²) in [6.45, 7) is 4.94. The van der Waals surface area contributed by atoms with Gasteiger partial charge in [0.25, 0.3) is 5.91 Å². The Kier molecular flexibility index (Phi) is 5.29. The summed E-state index contributed by atoms with van der Waals surface area (Å²) in [6.07, 6.45) is 2.73. The van der Waals surface area contributed by atoms with Gasteiger partial charge in [0.1, 0.15) is 6.61 Å². The molecule has 0 bridgehead atoms. The second-order valence-electron chi connectivity index (χ2n) is 7.25. The molecule has 2 heterocycles. The summed E-state index contributed by atoms with van der Waals surface area (Å²) in [7, 11) is 1.61. The number of piperazine rings is 1. The highest BCUT2D eigenvalue weighted by molar-refractivity contribution is 5.92. The van der Waals surface area contributed by atoms with Crippen LogP contribution in [0.2, 0.25) is 0 Å². The smallest absolute Gasteiger partial charge is 0.274 e. The van der Waals surface area contributed by atoms with Crippen LogP contribution in [-0.2, 0) is 6.61 Å². The lowest BCUT2D eigenvalue weighted by atomic mass is 10.2. The van der Waals surface area contributed by atoms with E-state index in [9.17, 15) is 4.79 Å². The Morgan fingerprint density at radius 3 is 2.63 bits per heavy atom. The molecular weight excluding hydrogens is 344 g/mol. The SMILES string of the molecule is COc1ccccc1OCc1cc(C(=O)N2CCN(CC3CC3)CC2)n[nH]1. The number of nitrogens with one attached hydrogen (secondary N) is 1. The summed E-state index contributed by atoms with van der Waals surface area (Å²) in [5.74, 6) is 2.22. The van der Waals surface area contributed by atoms with Gasteiger partial charge < -0.3 is 14.4 Å². The molecule has 1 aliphatic heterocycles. The maximum absolute atomic E-state index is 12.7. The second-order valence-corrected chi connectivity index (χ2v) is 7.25. The molecular formula is C20H26N4O3. The molecule has 27 heavy (non-hydrogen) atoms. The number of methoxy groups -OCH3 is 1. The van der Waals surface area contributed by atoms with Crippen molar-refractivity contribution in [3.05, 3.63) is 41.7 Å². The number of nitrogens with zero attached hydrogens (tertiary/aromatic N) is 3. The maximum atomic E-state index is 12.7. The van der Waals surface area contributed by atoms with Crippen LogP contribution in [0.3, 0.4) is 0 Å². The van der Waals surface area contributed by atoms with Crippen molar-refractivity contribution < 1.29 is 14.3 Å². The van der Waals surface area contributed by atoms with E-state index in [0.29, 0.717) is 23.8 Å². The Hall–Kier alpha value is -2.54. The number of ether oxygens (including phenoxy) is 2. The Bertz CT molecular complexity index is 779. The van der Waals surface area contributed by atoms with E-state index in [1.54, 1.807) is 13.2 Å². The highest BCUT2D eigenvalue weighted by Gasteiger charge is 2.28. The minimum Gasteiger partial charge on any atom is -0.493 e. The average Bonchev–Trinajstić information content (AvgIpc) is 3.40. The van der Waals surface area contributed by atoms with Gasteiger partial charge >= 0.3 is 0 Å². The molecule has 2 aliphatic rings. The van der Waals surface area contributed by atoms with Gasteiger partial charge in [0.05, 0.1) is 12.8 Å². The number of carbonyl (C=O) groups excluding carboxylic acids is 1. The highest BCUT2D eigenvalue weighted by atomic mass is 16.5. The van der Waals surface area contributed by atoms with Crippen LogP contribution < -0.4 is 9.47 Å². The fourth-order valence-corrected chi connectivity index (χ4v) is 3.40. The molecule has 1 aromatic heterocycles. The molecule has 0 unspecified atom stereocenters. The molecule has 1 aliphatic carbocycles. The van der Waals surface area contributed by atoms with E-state index in [-0.39, 0.29) is 5.91 Å². The van der Waals surface area contributed by atoms with Crippen molar-refractivity contribution in [1.29, 1.82) is 0 Å². The molecule has 1 N–H and O–H groups in total. The summed E-state index contributed by atoms with van der Waals surface area (Å²) in [6, 6.07) is 9.25. The highest BCUT2D eigenvalue weighted by Crippen LogP contribution is 2.30. The zero-order valence-electron chi connectivity index (χ0n) is 15.7. The third-order valence-corrected chi connectivity index (χ3v) is 5.18. The summed E-state index contributed by atoms with van der Waals surface area (Å²) >= 11 is 0. The summed E-state index contributed by atoms with van der Waals surface area (Å²) in [5.41, 5.74) is 1.21. The van der Waals surface area contributed by atoms with Crippen LogP contribution in [0.4, 0.5) is 0 Å². The molecule has 2 aromatic rings. The molecule has 0 atom stereocenters. The number of H-pyrrole nitrogens is 1. The molecule has 2 fully saturated rings. The quantitative estimate of drug-likeness (QED) is 0.809. The monoisotopic (exact) mass is 370 g/mol. The van der Waals surface area contributed by atoms with Gasteiger partial charge in [-0.3, -0.25) is 14.8 Å². The third-order valence-electron chi connectivity index (χ3n) is 5.18. The average molecular weight is 370 g/mol. The molecule has 144 valence electrons. The van der Waals surface area contributed by atoms with E-state index < -0.39 is 0 Å². The van der Waals surface area contributed by atoms with E-state index in [0.717, 1.165) is 37.8 Å². The molecule has 1 saturated carbocycles. The Labute approximate surface area is 159 Å². The van der Waals surface area contributed by atoms with Crippen LogP contribution in [0.25, 0.3) is 0 Å². The number of amides is 1. The largest absolute Gasteiger partial charge is 0.493 e. The molecule has 7 heteroatoms. The summed E-state index contributed by atoms with van der Waals surface area (Å²) in [5, 5.41) is 7.09. The number of aromatic amines is 1. The Morgan fingerprint density at radius 2 is 1.93 bits per heavy atom. The Balaban J connectivity index is 1.30. The third kappa shape index (κ3) is 4.42. The van der Waals surface area contributed by atoms with Gasteiger partial charge in [0.2, 0.25) is 0 Å². The van der Waals surface area contributed by atoms with E-state index in [2.05, 4.69) is 15.1 Å². The molecule has 1 saturated heterocycles. The molecule has 1 amide bonds. The van der Waals surface area contributed by atoms with Crippen LogP contribution in [0.5, 0.6) is 11.5 Å². The first kappa shape index (κ1) is 17.9. The lowest BCUT2D eigenvalue weighted by Gasteiger charge is -2.34. The van der Waals surface area contributed by atoms with Crippen molar-refractivity contribution in [3.8, 4) is 11.5 Å². The fourth-order valence-electron chi connectivity index (χ4n) is 3.40. The second kappa shape index (κ2) is 8.00. The van der Waals surface area contributed by atoms with Crippen molar-refractivity contribution in [2.45, 2.75) is 19.4 Å². The predicted molar refractivity (Wildman–Crippen MR) is 101 cm³/mol. The van der Waals surface area contributed by atoms with Crippen molar-refractivity contribution in [2.75, 3.05) is 39.8 Å². The minimum atomic E-state index is -0.0131. The van der Waals surface area contributed by atoms with Crippen LogP contribution in [0.15, 0.2) is 30.3 Å². The van der Waals surface area contributed by atoms with Gasteiger partial charge in [-0.15, -0.1) is 0 Å². The Morgan fingerprint density at radius 1 is 1.19 bits per heavy atom. The first-order valence-corrected chi connectivity index (χ1v) is 9.54.